The molecule has 0 saturated carbocycles. The molecule has 0 aliphatic rings. The van der Waals surface area contributed by atoms with Crippen LogP contribution >= 0.6 is 0 Å². The van der Waals surface area contributed by atoms with Crippen molar-refractivity contribution >= 4 is 16.6 Å². The van der Waals surface area contributed by atoms with Crippen LogP contribution in [0.25, 0.3) is 10.9 Å². The Bertz CT molecular complexity index is 866. The van der Waals surface area contributed by atoms with E-state index in [0.717, 1.165) is 16.5 Å². The minimum absolute atomic E-state index is 0.619. The van der Waals surface area contributed by atoms with Crippen molar-refractivity contribution in [3.63, 3.8) is 0 Å². The van der Waals surface area contributed by atoms with Crippen molar-refractivity contribution < 1.29 is 4.74 Å². The van der Waals surface area contributed by atoms with E-state index >= 15 is 0 Å². The van der Waals surface area contributed by atoms with Gasteiger partial charge in [-0.3, -0.25) is 4.98 Å². The molecule has 0 bridgehead atoms. The van der Waals surface area contributed by atoms with Crippen LogP contribution in [0.15, 0.2) is 48.7 Å². The average Bonchev–Trinajstić information content (AvgIpc) is 2.51. The summed E-state index contributed by atoms with van der Waals surface area (Å²) in [5.74, 6) is 1.37. The number of benzene rings is 2. The first-order chi connectivity index (χ1) is 10.2. The Morgan fingerprint density at radius 2 is 2.05 bits per heavy atom. The molecule has 0 aliphatic heterocycles. The van der Waals surface area contributed by atoms with Crippen molar-refractivity contribution in [1.82, 2.24) is 4.98 Å². The van der Waals surface area contributed by atoms with Gasteiger partial charge in [0.15, 0.2) is 0 Å². The molecule has 0 fully saturated rings. The highest BCUT2D eigenvalue weighted by atomic mass is 16.5. The van der Waals surface area contributed by atoms with Gasteiger partial charge in [0.1, 0.15) is 11.5 Å². The number of nitrogens with two attached hydrogens (primary N) is 1. The monoisotopic (exact) mass is 275 g/mol. The van der Waals surface area contributed by atoms with Gasteiger partial charge in [-0.15, -0.1) is 0 Å². The smallest absolute Gasteiger partial charge is 0.136 e. The largest absolute Gasteiger partial charge is 0.457 e. The molecule has 21 heavy (non-hydrogen) atoms. The molecule has 1 heterocycles. The number of aryl methyl sites for hydroxylation is 1. The van der Waals surface area contributed by atoms with Crippen LogP contribution in [0.5, 0.6) is 11.5 Å². The molecule has 0 aliphatic carbocycles. The summed E-state index contributed by atoms with van der Waals surface area (Å²) >= 11 is 0. The van der Waals surface area contributed by atoms with Gasteiger partial charge in [0, 0.05) is 11.6 Å². The first-order valence-electron chi connectivity index (χ1n) is 6.51. The number of aromatic nitrogens is 1. The number of pyridine rings is 1. The van der Waals surface area contributed by atoms with Crippen LogP contribution in [-0.2, 0) is 0 Å². The predicted octanol–water partition coefficient (Wildman–Crippen LogP) is 3.79. The Balaban J connectivity index is 2.05. The summed E-state index contributed by atoms with van der Waals surface area (Å²) in [5.41, 5.74) is 8.80. The maximum atomic E-state index is 8.96. The first-order valence-corrected chi connectivity index (χ1v) is 6.51. The van der Waals surface area contributed by atoms with Crippen LogP contribution < -0.4 is 10.5 Å². The number of anilines is 1. The van der Waals surface area contributed by atoms with E-state index in [-0.39, 0.29) is 0 Å². The highest BCUT2D eigenvalue weighted by Crippen LogP contribution is 2.32. The lowest BCUT2D eigenvalue weighted by molar-refractivity contribution is 0.488. The highest BCUT2D eigenvalue weighted by molar-refractivity contribution is 5.93. The second kappa shape index (κ2) is 5.14. The molecule has 0 spiro atoms. The van der Waals surface area contributed by atoms with Crippen molar-refractivity contribution in [3.05, 3.63) is 59.8 Å². The van der Waals surface area contributed by atoms with E-state index in [1.807, 2.05) is 31.2 Å². The molecular weight excluding hydrogens is 262 g/mol. The van der Waals surface area contributed by atoms with Crippen LogP contribution in [0, 0.1) is 18.3 Å². The summed E-state index contributed by atoms with van der Waals surface area (Å²) in [5, 5.41) is 9.82. The van der Waals surface area contributed by atoms with Crippen LogP contribution in [0.4, 0.5) is 5.69 Å². The van der Waals surface area contributed by atoms with Crippen molar-refractivity contribution in [1.29, 1.82) is 5.26 Å². The van der Waals surface area contributed by atoms with Gasteiger partial charge in [-0.05, 0) is 55.0 Å². The Morgan fingerprint density at radius 3 is 2.81 bits per heavy atom. The fourth-order valence-electron chi connectivity index (χ4n) is 2.21. The van der Waals surface area contributed by atoms with Crippen molar-refractivity contribution in [2.75, 3.05) is 5.73 Å². The molecule has 0 saturated heterocycles. The molecule has 2 N–H and O–H groups in total. The summed E-state index contributed by atoms with van der Waals surface area (Å²) < 4.78 is 5.92. The van der Waals surface area contributed by atoms with E-state index in [9.17, 15) is 0 Å². The zero-order valence-electron chi connectivity index (χ0n) is 11.5. The molecule has 3 rings (SSSR count). The summed E-state index contributed by atoms with van der Waals surface area (Å²) in [6.45, 7) is 1.88. The van der Waals surface area contributed by atoms with Crippen molar-refractivity contribution in [2.45, 2.75) is 6.92 Å². The van der Waals surface area contributed by atoms with Gasteiger partial charge < -0.3 is 10.5 Å². The van der Waals surface area contributed by atoms with E-state index in [1.165, 1.54) is 0 Å². The van der Waals surface area contributed by atoms with Gasteiger partial charge in [0.05, 0.1) is 22.8 Å². The molecule has 4 heteroatoms. The Hall–Kier alpha value is -3.06. The van der Waals surface area contributed by atoms with Crippen LogP contribution in [0.1, 0.15) is 11.1 Å². The SMILES string of the molecule is Cc1cc(Oc2ccc(N)c3ncccc23)ccc1C#N. The second-order valence-corrected chi connectivity index (χ2v) is 4.74. The summed E-state index contributed by atoms with van der Waals surface area (Å²) in [6.07, 6.45) is 1.70. The van der Waals surface area contributed by atoms with Gasteiger partial charge in [-0.25, -0.2) is 0 Å². The number of nitrogens with zero attached hydrogens (tertiary/aromatic N) is 2. The molecule has 3 aromatic rings. The van der Waals surface area contributed by atoms with Crippen LogP contribution in [0.3, 0.4) is 0 Å². The van der Waals surface area contributed by atoms with E-state index < -0.39 is 0 Å². The lowest BCUT2D eigenvalue weighted by atomic mass is 10.1. The molecule has 2 aromatic carbocycles. The summed E-state index contributed by atoms with van der Waals surface area (Å²) in [7, 11) is 0. The van der Waals surface area contributed by atoms with E-state index in [2.05, 4.69) is 11.1 Å². The van der Waals surface area contributed by atoms with Crippen molar-refractivity contribution in [2.24, 2.45) is 0 Å². The van der Waals surface area contributed by atoms with Crippen LogP contribution in [-0.4, -0.2) is 4.98 Å². The summed E-state index contributed by atoms with van der Waals surface area (Å²) in [4.78, 5) is 4.28. The number of hydrogen-bond donors (Lipinski definition) is 1. The molecule has 1 aromatic heterocycles. The number of rotatable bonds is 2. The number of fused-ring (bicyclic) bond motifs is 1. The maximum Gasteiger partial charge on any atom is 0.136 e. The van der Waals surface area contributed by atoms with Gasteiger partial charge in [-0.2, -0.15) is 5.26 Å². The average molecular weight is 275 g/mol. The van der Waals surface area contributed by atoms with Gasteiger partial charge >= 0.3 is 0 Å². The lowest BCUT2D eigenvalue weighted by Crippen LogP contribution is -1.93. The quantitative estimate of drug-likeness (QED) is 0.722. The van der Waals surface area contributed by atoms with Crippen LogP contribution in [0.2, 0.25) is 0 Å². The third kappa shape index (κ3) is 2.37. The third-order valence-corrected chi connectivity index (χ3v) is 3.31. The Labute approximate surface area is 122 Å². The molecule has 0 atom stereocenters. The lowest BCUT2D eigenvalue weighted by Gasteiger charge is -2.10. The molecule has 0 amide bonds. The first kappa shape index (κ1) is 12.9. The zero-order chi connectivity index (χ0) is 14.8. The molecule has 0 radical (unpaired) electrons. The Morgan fingerprint density at radius 1 is 1.19 bits per heavy atom. The molecule has 0 unspecified atom stereocenters. The van der Waals surface area contributed by atoms with Gasteiger partial charge in [0.25, 0.3) is 0 Å². The van der Waals surface area contributed by atoms with Crippen molar-refractivity contribution in [3.8, 4) is 17.6 Å². The fraction of sp³-hybridized carbons (Fsp3) is 0.0588. The molecule has 4 nitrogen and oxygen atoms in total. The second-order valence-electron chi connectivity index (χ2n) is 4.74. The minimum atomic E-state index is 0.619. The fourth-order valence-corrected chi connectivity index (χ4v) is 2.21. The van der Waals surface area contributed by atoms with Gasteiger partial charge in [0.2, 0.25) is 0 Å². The zero-order valence-corrected chi connectivity index (χ0v) is 11.5. The highest BCUT2D eigenvalue weighted by Gasteiger charge is 2.08. The summed E-state index contributed by atoms with van der Waals surface area (Å²) in [6, 6.07) is 14.9. The van der Waals surface area contributed by atoms with E-state index in [1.54, 1.807) is 24.4 Å². The third-order valence-electron chi connectivity index (χ3n) is 3.31. The normalized spacial score (nSPS) is 10.3. The van der Waals surface area contributed by atoms with E-state index in [4.69, 9.17) is 15.7 Å². The number of ether oxygens (including phenoxy) is 1. The predicted molar refractivity (Wildman–Crippen MR) is 82.1 cm³/mol. The number of nitriles is 1. The molecular formula is C17H13N3O. The topological polar surface area (TPSA) is 71.9 Å². The minimum Gasteiger partial charge on any atom is -0.457 e. The standard InChI is InChI=1S/C17H13N3O/c1-11-9-13(5-4-12(11)10-18)21-16-7-6-15(19)17-14(16)3-2-8-20-17/h2-9H,19H2,1H3. The van der Waals surface area contributed by atoms with E-state index in [0.29, 0.717) is 22.7 Å². The maximum absolute atomic E-state index is 8.96. The number of hydrogen-bond acceptors (Lipinski definition) is 4. The van der Waals surface area contributed by atoms with Gasteiger partial charge in [-0.1, -0.05) is 0 Å². The molecule has 102 valence electrons. The number of nitrogen functional groups attached to an aromatic ring is 1. The Kier molecular flexibility index (Phi) is 3.17.